The summed E-state index contributed by atoms with van der Waals surface area (Å²) in [5, 5.41) is 16.8. The smallest absolute Gasteiger partial charge is 0.0833 e. The van der Waals surface area contributed by atoms with E-state index in [4.69, 9.17) is 0 Å². The minimum Gasteiger partial charge on any atom is -0.352 e. The van der Waals surface area contributed by atoms with Crippen LogP contribution in [0.25, 0.3) is 0 Å². The van der Waals surface area contributed by atoms with Crippen LogP contribution >= 0.6 is 0 Å². The maximum absolute atomic E-state index is 4.25. The maximum atomic E-state index is 4.25. The molecule has 0 radical (unpaired) electrons. The van der Waals surface area contributed by atoms with E-state index in [1.807, 2.05) is 86.6 Å². The van der Waals surface area contributed by atoms with Crippen LogP contribution < -0.4 is 0 Å². The summed E-state index contributed by atoms with van der Waals surface area (Å²) in [5.74, 6) is 0. The normalized spacial score (nSPS) is 13.0. The quantitative estimate of drug-likeness (QED) is 0.492. The molecular weight excluding hydrogens is 334 g/mol. The molecule has 1 aromatic heterocycles. The van der Waals surface area contributed by atoms with Crippen LogP contribution in [0.4, 0.5) is 0 Å². The second-order valence-electron chi connectivity index (χ2n) is 5.97. The molecule has 5 heteroatoms. The van der Waals surface area contributed by atoms with Gasteiger partial charge in [0.25, 0.3) is 0 Å². The average Bonchev–Trinajstić information content (AvgIpc) is 3.20. The first-order valence-electron chi connectivity index (χ1n) is 8.67. The number of aromatic nitrogens is 1. The van der Waals surface area contributed by atoms with E-state index >= 15 is 0 Å². The molecule has 1 N–H and O–H groups in total. The van der Waals surface area contributed by atoms with Crippen LogP contribution in [0.15, 0.2) is 93.2 Å². The third kappa shape index (κ3) is 5.44. The molecule has 1 heterocycles. The molecule has 3 aromatic rings. The molecule has 2 aromatic carbocycles. The standard InChI is InChI=1S/C22H21N5/c1-17(26-23-15-19-9-5-3-6-10-19)21-13-14-22(25-21)18(2)27-24-16-20-11-7-4-8-12-20/h3-16,25H,1-2H3/b23-15-,24-16-,26-17+,27-18+. The minimum absolute atomic E-state index is 0.800. The first-order valence-corrected chi connectivity index (χ1v) is 8.67. The van der Waals surface area contributed by atoms with Gasteiger partial charge >= 0.3 is 0 Å². The molecule has 5 nitrogen and oxygen atoms in total. The molecule has 0 atom stereocenters. The number of nitrogens with zero attached hydrogens (tertiary/aromatic N) is 4. The van der Waals surface area contributed by atoms with E-state index < -0.39 is 0 Å². The summed E-state index contributed by atoms with van der Waals surface area (Å²) in [6.07, 6.45) is 3.47. The highest BCUT2D eigenvalue weighted by Gasteiger charge is 2.04. The van der Waals surface area contributed by atoms with Gasteiger partial charge in [-0.2, -0.15) is 20.4 Å². The van der Waals surface area contributed by atoms with Crippen molar-refractivity contribution >= 4 is 23.9 Å². The van der Waals surface area contributed by atoms with Crippen molar-refractivity contribution in [3.8, 4) is 0 Å². The van der Waals surface area contributed by atoms with Crippen LogP contribution in [-0.2, 0) is 0 Å². The molecule has 27 heavy (non-hydrogen) atoms. The molecule has 0 unspecified atom stereocenters. The summed E-state index contributed by atoms with van der Waals surface area (Å²) in [6, 6.07) is 23.7. The van der Waals surface area contributed by atoms with E-state index in [2.05, 4.69) is 25.4 Å². The van der Waals surface area contributed by atoms with Crippen LogP contribution in [0, 0.1) is 0 Å². The first kappa shape index (κ1) is 18.2. The Labute approximate surface area is 158 Å². The molecule has 0 aliphatic carbocycles. The number of hydrogen-bond donors (Lipinski definition) is 1. The number of benzene rings is 2. The highest BCUT2D eigenvalue weighted by atomic mass is 15.2. The fraction of sp³-hybridized carbons (Fsp3) is 0.0909. The number of rotatable bonds is 6. The average molecular weight is 355 g/mol. The van der Waals surface area contributed by atoms with E-state index in [-0.39, 0.29) is 0 Å². The highest BCUT2D eigenvalue weighted by molar-refractivity contribution is 6.02. The molecule has 134 valence electrons. The van der Waals surface area contributed by atoms with Gasteiger partial charge in [-0.3, -0.25) is 0 Å². The van der Waals surface area contributed by atoms with E-state index in [1.54, 1.807) is 12.4 Å². The van der Waals surface area contributed by atoms with Gasteiger partial charge in [0.2, 0.25) is 0 Å². The summed E-state index contributed by atoms with van der Waals surface area (Å²) in [5.41, 5.74) is 5.43. The predicted molar refractivity (Wildman–Crippen MR) is 113 cm³/mol. The lowest BCUT2D eigenvalue weighted by atomic mass is 10.2. The van der Waals surface area contributed by atoms with E-state index in [0.29, 0.717) is 0 Å². The Morgan fingerprint density at radius 3 is 1.44 bits per heavy atom. The summed E-state index contributed by atoms with van der Waals surface area (Å²) in [6.45, 7) is 3.83. The molecule has 0 aliphatic rings. The summed E-state index contributed by atoms with van der Waals surface area (Å²) in [7, 11) is 0. The molecule has 0 spiro atoms. The topological polar surface area (TPSA) is 65.2 Å². The maximum Gasteiger partial charge on any atom is 0.0833 e. The molecule has 0 fully saturated rings. The van der Waals surface area contributed by atoms with Gasteiger partial charge in [-0.1, -0.05) is 60.7 Å². The van der Waals surface area contributed by atoms with Crippen molar-refractivity contribution in [2.45, 2.75) is 13.8 Å². The number of nitrogens with one attached hydrogen (secondary N) is 1. The van der Waals surface area contributed by atoms with E-state index in [0.717, 1.165) is 33.9 Å². The van der Waals surface area contributed by atoms with Crippen molar-refractivity contribution in [1.29, 1.82) is 0 Å². The van der Waals surface area contributed by atoms with Gasteiger partial charge in [0.15, 0.2) is 0 Å². The van der Waals surface area contributed by atoms with Gasteiger partial charge in [-0.05, 0) is 37.1 Å². The second-order valence-corrected chi connectivity index (χ2v) is 5.97. The molecule has 0 saturated carbocycles. The zero-order valence-electron chi connectivity index (χ0n) is 15.4. The Morgan fingerprint density at radius 1 is 0.630 bits per heavy atom. The Hall–Kier alpha value is -3.60. The first-order chi connectivity index (χ1) is 13.2. The van der Waals surface area contributed by atoms with Crippen molar-refractivity contribution < 1.29 is 0 Å². The summed E-state index contributed by atoms with van der Waals surface area (Å²) >= 11 is 0. The van der Waals surface area contributed by atoms with Crippen molar-refractivity contribution in [3.63, 3.8) is 0 Å². The summed E-state index contributed by atoms with van der Waals surface area (Å²) < 4.78 is 0. The molecule has 0 saturated heterocycles. The molecule has 0 amide bonds. The largest absolute Gasteiger partial charge is 0.352 e. The van der Waals surface area contributed by atoms with Crippen LogP contribution in [0.1, 0.15) is 36.4 Å². The van der Waals surface area contributed by atoms with Gasteiger partial charge in [0.05, 0.1) is 35.2 Å². The Balaban J connectivity index is 1.66. The zero-order chi connectivity index (χ0) is 18.9. The van der Waals surface area contributed by atoms with Gasteiger partial charge in [0.1, 0.15) is 0 Å². The Kier molecular flexibility index (Phi) is 6.20. The lowest BCUT2D eigenvalue weighted by Crippen LogP contribution is -1.98. The third-order valence-corrected chi connectivity index (χ3v) is 3.89. The number of aromatic amines is 1. The minimum atomic E-state index is 0.800. The van der Waals surface area contributed by atoms with E-state index in [1.165, 1.54) is 0 Å². The number of hydrogen-bond acceptors (Lipinski definition) is 4. The Bertz CT molecular complexity index is 900. The van der Waals surface area contributed by atoms with Crippen molar-refractivity contribution in [1.82, 2.24) is 4.98 Å². The monoisotopic (exact) mass is 355 g/mol. The SMILES string of the molecule is C/C(=N\N=C/c1ccccc1)c1ccc(/C(C)=N/N=C\c2ccccc2)[nH]1. The zero-order valence-corrected chi connectivity index (χ0v) is 15.4. The molecular formula is C22H21N5. The van der Waals surface area contributed by atoms with Crippen LogP contribution in [0.2, 0.25) is 0 Å². The van der Waals surface area contributed by atoms with Crippen molar-refractivity contribution in [3.05, 3.63) is 95.3 Å². The van der Waals surface area contributed by atoms with Gasteiger partial charge in [-0.15, -0.1) is 0 Å². The third-order valence-electron chi connectivity index (χ3n) is 3.89. The van der Waals surface area contributed by atoms with Gasteiger partial charge < -0.3 is 4.98 Å². The molecule has 0 aliphatic heterocycles. The number of H-pyrrole nitrogens is 1. The predicted octanol–water partition coefficient (Wildman–Crippen LogP) is 4.70. The highest BCUT2D eigenvalue weighted by Crippen LogP contribution is 2.06. The Morgan fingerprint density at radius 2 is 1.04 bits per heavy atom. The van der Waals surface area contributed by atoms with E-state index in [9.17, 15) is 0 Å². The van der Waals surface area contributed by atoms with Crippen LogP contribution in [0.5, 0.6) is 0 Å². The molecule has 3 rings (SSSR count). The lowest BCUT2D eigenvalue weighted by molar-refractivity contribution is 1.20. The van der Waals surface area contributed by atoms with Crippen LogP contribution in [0.3, 0.4) is 0 Å². The summed E-state index contributed by atoms with van der Waals surface area (Å²) in [4.78, 5) is 3.30. The van der Waals surface area contributed by atoms with Crippen molar-refractivity contribution in [2.24, 2.45) is 20.4 Å². The van der Waals surface area contributed by atoms with Gasteiger partial charge in [-0.25, -0.2) is 0 Å². The lowest BCUT2D eigenvalue weighted by Gasteiger charge is -1.96. The van der Waals surface area contributed by atoms with Crippen molar-refractivity contribution in [2.75, 3.05) is 0 Å². The van der Waals surface area contributed by atoms with Crippen LogP contribution in [-0.4, -0.2) is 28.8 Å². The van der Waals surface area contributed by atoms with Gasteiger partial charge in [0, 0.05) is 0 Å². The molecule has 0 bridgehead atoms. The fourth-order valence-electron chi connectivity index (χ4n) is 2.37. The second kappa shape index (κ2) is 9.20. The fourth-order valence-corrected chi connectivity index (χ4v) is 2.37.